The Labute approximate surface area is 178 Å². The van der Waals surface area contributed by atoms with Gasteiger partial charge in [-0.3, -0.25) is 0 Å². The molecule has 0 bridgehead atoms. The zero-order valence-electron chi connectivity index (χ0n) is 17.2. The Morgan fingerprint density at radius 1 is 0.607 bits per heavy atom. The predicted molar refractivity (Wildman–Crippen MR) is 123 cm³/mol. The van der Waals surface area contributed by atoms with Crippen molar-refractivity contribution >= 4 is 28.7 Å². The Bertz CT molecular complexity index is 995. The summed E-state index contributed by atoms with van der Waals surface area (Å²) in [7, 11) is 0. The van der Waals surface area contributed by atoms with Crippen LogP contribution in [0.4, 0.5) is 0 Å². The van der Waals surface area contributed by atoms with Gasteiger partial charge in [0.25, 0.3) is 0 Å². The monoisotopic (exact) mass is 488 g/mol. The van der Waals surface area contributed by atoms with Gasteiger partial charge in [-0.25, -0.2) is 0 Å². The molecule has 0 aliphatic heterocycles. The molecule has 0 N–H and O–H groups in total. The fourth-order valence-corrected chi connectivity index (χ4v) is 17.8. The molecule has 1 fully saturated rings. The molecule has 1 saturated carbocycles. The first-order chi connectivity index (χ1) is 13.6. The molecule has 3 aromatic carbocycles. The average Bonchev–Trinajstić information content (AvgIpc) is 3.35. The van der Waals surface area contributed by atoms with Crippen molar-refractivity contribution in [3.05, 3.63) is 107 Å². The molecule has 140 valence electrons. The topological polar surface area (TPSA) is 0 Å². The van der Waals surface area contributed by atoms with E-state index in [1.54, 1.807) is 22.3 Å². The summed E-state index contributed by atoms with van der Waals surface area (Å²) >= 11 is -2.52. The van der Waals surface area contributed by atoms with Crippen molar-refractivity contribution in [2.75, 3.05) is 0 Å². The van der Waals surface area contributed by atoms with Gasteiger partial charge in [0.2, 0.25) is 0 Å². The molecule has 0 aromatic heterocycles. The zero-order valence-corrected chi connectivity index (χ0v) is 21.4. The zero-order chi connectivity index (χ0) is 19.5. The van der Waals surface area contributed by atoms with E-state index in [0.717, 1.165) is 10.7 Å². The molecule has 0 spiro atoms. The maximum atomic E-state index is 2.62. The van der Waals surface area contributed by atoms with Gasteiger partial charge in [-0.2, -0.15) is 0 Å². The number of hydrogen-bond acceptors (Lipinski definition) is 0. The molecular formula is C26H28Ge2. The van der Waals surface area contributed by atoms with Gasteiger partial charge in [0, 0.05) is 0 Å². The summed E-state index contributed by atoms with van der Waals surface area (Å²) in [6.45, 7) is 0. The molecule has 28 heavy (non-hydrogen) atoms. The van der Waals surface area contributed by atoms with Crippen LogP contribution >= 0.6 is 0 Å². The quantitative estimate of drug-likeness (QED) is 0.379. The van der Waals surface area contributed by atoms with Crippen molar-refractivity contribution in [1.29, 1.82) is 0 Å². The molecule has 0 amide bonds. The van der Waals surface area contributed by atoms with Crippen molar-refractivity contribution in [3.8, 4) is 0 Å². The summed E-state index contributed by atoms with van der Waals surface area (Å²) in [4.78, 5) is 0. The molecule has 5 rings (SSSR count). The summed E-state index contributed by atoms with van der Waals surface area (Å²) < 4.78 is 1.16. The third-order valence-corrected chi connectivity index (χ3v) is 16.8. The number of hydrogen-bond donors (Lipinski definition) is 0. The van der Waals surface area contributed by atoms with Crippen LogP contribution in [-0.2, 0) is 9.66 Å². The maximum absolute atomic E-state index is 2.62. The molecule has 2 aliphatic rings. The van der Waals surface area contributed by atoms with E-state index in [-0.39, 0.29) is 9.66 Å². The van der Waals surface area contributed by atoms with Crippen molar-refractivity contribution < 1.29 is 0 Å². The summed E-state index contributed by atoms with van der Waals surface area (Å²) in [5.74, 6) is 11.2. The van der Waals surface area contributed by atoms with Crippen LogP contribution in [0.2, 0.25) is 27.8 Å². The standard InChI is InChI=1S/C26H28Ge2/c1-27(2)24-23-25(24,19-13-7-5-8-14-19)21-17-11-12-18-22(21)26(23,28(3)4)20-15-9-6-10-16-20/h5-18,23-24H,1-4H3. The molecule has 4 atom stereocenters. The van der Waals surface area contributed by atoms with Gasteiger partial charge < -0.3 is 0 Å². The Kier molecular flexibility index (Phi) is 4.44. The van der Waals surface area contributed by atoms with Crippen LogP contribution < -0.4 is 0 Å². The van der Waals surface area contributed by atoms with E-state index in [1.807, 2.05) is 0 Å². The van der Waals surface area contributed by atoms with Crippen LogP contribution in [-0.4, -0.2) is 28.7 Å². The summed E-state index contributed by atoms with van der Waals surface area (Å²) in [5.41, 5.74) is 6.74. The van der Waals surface area contributed by atoms with Gasteiger partial charge in [0.05, 0.1) is 0 Å². The average molecular weight is 486 g/mol. The van der Waals surface area contributed by atoms with Crippen molar-refractivity contribution in [2.24, 2.45) is 5.92 Å². The first-order valence-corrected chi connectivity index (χ1v) is 21.0. The molecule has 2 heteroatoms. The third kappa shape index (κ3) is 2.19. The fourth-order valence-electron chi connectivity index (χ4n) is 6.59. The Balaban J connectivity index is 1.87. The minimum absolute atomic E-state index is 0.261. The van der Waals surface area contributed by atoms with E-state index < -0.39 is 28.7 Å². The van der Waals surface area contributed by atoms with Crippen LogP contribution in [0.3, 0.4) is 0 Å². The van der Waals surface area contributed by atoms with Crippen LogP contribution in [0.5, 0.6) is 0 Å². The second-order valence-electron chi connectivity index (χ2n) is 8.99. The summed E-state index contributed by atoms with van der Waals surface area (Å²) in [6, 6.07) is 32.6. The van der Waals surface area contributed by atoms with Gasteiger partial charge >= 0.3 is 179 Å². The first kappa shape index (κ1) is 18.8. The predicted octanol–water partition coefficient (Wildman–Crippen LogP) is 6.32. The molecular weight excluding hydrogens is 458 g/mol. The molecule has 0 saturated heterocycles. The summed E-state index contributed by atoms with van der Waals surface area (Å²) in [5, 5.41) is 0. The SMILES string of the molecule is [CH3][Ge]([CH3])[CH]1C2C1(c1ccccc1)c1ccccc1[C]2(c1ccccc1)[Ge]([CH3])[CH3]. The van der Waals surface area contributed by atoms with Crippen molar-refractivity contribution in [3.63, 3.8) is 0 Å². The van der Waals surface area contributed by atoms with Crippen molar-refractivity contribution in [2.45, 2.75) is 37.4 Å². The van der Waals surface area contributed by atoms with Gasteiger partial charge in [0.15, 0.2) is 0 Å². The number of benzene rings is 3. The van der Waals surface area contributed by atoms with E-state index in [2.05, 4.69) is 108 Å². The Morgan fingerprint density at radius 2 is 1.11 bits per heavy atom. The molecule has 0 nitrogen and oxygen atoms in total. The second-order valence-corrected chi connectivity index (χ2v) is 20.7. The molecule has 4 unspecified atom stereocenters. The van der Waals surface area contributed by atoms with E-state index in [4.69, 9.17) is 0 Å². The third-order valence-electron chi connectivity index (χ3n) is 7.36. The van der Waals surface area contributed by atoms with E-state index in [9.17, 15) is 0 Å². The van der Waals surface area contributed by atoms with Crippen LogP contribution in [0.15, 0.2) is 84.9 Å². The number of fused-ring (bicyclic) bond motifs is 3. The van der Waals surface area contributed by atoms with Crippen LogP contribution in [0.25, 0.3) is 0 Å². The Hall–Kier alpha value is -1.25. The minimum atomic E-state index is -1.38. The molecule has 2 aliphatic carbocycles. The van der Waals surface area contributed by atoms with E-state index in [1.165, 1.54) is 0 Å². The normalized spacial score (nSPS) is 30.4. The molecule has 0 heterocycles. The first-order valence-electron chi connectivity index (χ1n) is 10.4. The molecule has 3 aromatic rings. The van der Waals surface area contributed by atoms with Gasteiger partial charge in [-0.1, -0.05) is 0 Å². The van der Waals surface area contributed by atoms with Crippen molar-refractivity contribution in [1.82, 2.24) is 0 Å². The fraction of sp³-hybridized carbons (Fsp3) is 0.308. The summed E-state index contributed by atoms with van der Waals surface area (Å²) in [6.07, 6.45) is 0. The number of rotatable bonds is 4. The van der Waals surface area contributed by atoms with Gasteiger partial charge in [-0.15, -0.1) is 0 Å². The second kappa shape index (κ2) is 6.63. The Morgan fingerprint density at radius 3 is 1.64 bits per heavy atom. The van der Waals surface area contributed by atoms with Crippen LogP contribution in [0, 0.1) is 5.92 Å². The van der Waals surface area contributed by atoms with Gasteiger partial charge in [0.1, 0.15) is 0 Å². The van der Waals surface area contributed by atoms with E-state index in [0.29, 0.717) is 0 Å². The van der Waals surface area contributed by atoms with E-state index >= 15 is 0 Å². The molecule has 2 radical (unpaired) electrons. The van der Waals surface area contributed by atoms with Crippen LogP contribution in [0.1, 0.15) is 22.3 Å². The van der Waals surface area contributed by atoms with Gasteiger partial charge in [-0.05, 0) is 0 Å².